The van der Waals surface area contributed by atoms with Gasteiger partial charge < -0.3 is 15.2 Å². The summed E-state index contributed by atoms with van der Waals surface area (Å²) < 4.78 is 32.1. The third kappa shape index (κ3) is 5.29. The second-order valence-corrected chi connectivity index (χ2v) is 7.45. The van der Waals surface area contributed by atoms with Gasteiger partial charge in [0.25, 0.3) is 0 Å². The molecule has 0 radical (unpaired) electrons. The summed E-state index contributed by atoms with van der Waals surface area (Å²) in [4.78, 5) is 13.3. The Morgan fingerprint density at radius 3 is 2.44 bits per heavy atom. The second kappa shape index (κ2) is 9.35. The van der Waals surface area contributed by atoms with Crippen LogP contribution in [0.4, 0.5) is 5.69 Å². The molecule has 2 rings (SSSR count). The van der Waals surface area contributed by atoms with E-state index in [2.05, 4.69) is 5.32 Å². The number of anilines is 1. The topological polar surface area (TPSA) is 99.2 Å². The van der Waals surface area contributed by atoms with Crippen LogP contribution in [0, 0.1) is 0 Å². The maximum atomic E-state index is 12.8. The number of amides is 1. The van der Waals surface area contributed by atoms with Crippen LogP contribution >= 0.6 is 12.4 Å². The lowest BCUT2D eigenvalue weighted by Gasteiger charge is -2.33. The van der Waals surface area contributed by atoms with E-state index in [1.165, 1.54) is 36.5 Å². The highest BCUT2D eigenvalue weighted by molar-refractivity contribution is 7.89. The summed E-state index contributed by atoms with van der Waals surface area (Å²) in [5.41, 5.74) is 0.428. The van der Waals surface area contributed by atoms with Crippen molar-refractivity contribution in [3.05, 3.63) is 18.2 Å². The minimum atomic E-state index is -3.63. The fourth-order valence-corrected chi connectivity index (χ4v) is 4.05. The van der Waals surface area contributed by atoms with Gasteiger partial charge in [-0.15, -0.1) is 12.4 Å². The fraction of sp³-hybridized carbons (Fsp3) is 0.533. The average Bonchev–Trinajstić information content (AvgIpc) is 2.55. The number of nitrogens with zero attached hydrogens (tertiary/aromatic N) is 2. The number of β-amino-alcohol motifs (C(OH)–C–C–N with tert-alkyl or cyclic N) is 1. The second-order valence-electron chi connectivity index (χ2n) is 5.51. The van der Waals surface area contributed by atoms with Crippen molar-refractivity contribution < 1.29 is 23.1 Å². The van der Waals surface area contributed by atoms with E-state index in [4.69, 9.17) is 9.84 Å². The van der Waals surface area contributed by atoms with Crippen molar-refractivity contribution in [2.45, 2.75) is 11.8 Å². The van der Waals surface area contributed by atoms with Gasteiger partial charge in [-0.05, 0) is 12.1 Å². The summed E-state index contributed by atoms with van der Waals surface area (Å²) in [6.07, 6.45) is 0. The van der Waals surface area contributed by atoms with Crippen LogP contribution in [0.3, 0.4) is 0 Å². The molecule has 1 saturated heterocycles. The van der Waals surface area contributed by atoms with Gasteiger partial charge in [0.05, 0.1) is 24.3 Å². The molecule has 25 heavy (non-hydrogen) atoms. The maximum Gasteiger partial charge on any atom is 0.243 e. The fourth-order valence-electron chi connectivity index (χ4n) is 2.61. The molecule has 0 bridgehead atoms. The molecule has 1 aliphatic heterocycles. The predicted octanol–water partition coefficient (Wildman–Crippen LogP) is 0.374. The Hall–Kier alpha value is -1.39. The number of benzene rings is 1. The molecule has 8 nitrogen and oxygen atoms in total. The number of sulfonamides is 1. The molecule has 0 atom stereocenters. The molecule has 0 unspecified atom stereocenters. The predicted molar refractivity (Wildman–Crippen MR) is 96.8 cm³/mol. The number of hydrogen-bond donors (Lipinski definition) is 2. The van der Waals surface area contributed by atoms with E-state index >= 15 is 0 Å². The van der Waals surface area contributed by atoms with Crippen molar-refractivity contribution >= 4 is 34.0 Å². The third-order valence-electron chi connectivity index (χ3n) is 3.87. The molecule has 0 spiro atoms. The van der Waals surface area contributed by atoms with Crippen LogP contribution < -0.4 is 10.1 Å². The molecule has 1 fully saturated rings. The number of methoxy groups -OCH3 is 1. The first-order valence-electron chi connectivity index (χ1n) is 7.67. The number of halogens is 1. The van der Waals surface area contributed by atoms with E-state index < -0.39 is 10.0 Å². The van der Waals surface area contributed by atoms with Crippen molar-refractivity contribution in [3.8, 4) is 5.75 Å². The first-order chi connectivity index (χ1) is 11.4. The van der Waals surface area contributed by atoms with E-state index in [9.17, 15) is 13.2 Å². The van der Waals surface area contributed by atoms with Gasteiger partial charge in [0.1, 0.15) is 5.75 Å². The average molecular weight is 394 g/mol. The van der Waals surface area contributed by atoms with Gasteiger partial charge in [-0.2, -0.15) is 4.31 Å². The molecule has 1 heterocycles. The van der Waals surface area contributed by atoms with E-state index in [1.54, 1.807) is 0 Å². The molecule has 1 aromatic carbocycles. The molecule has 142 valence electrons. The minimum absolute atomic E-state index is 0. The molecule has 2 N–H and O–H groups in total. The lowest BCUT2D eigenvalue weighted by Crippen LogP contribution is -2.49. The minimum Gasteiger partial charge on any atom is -0.495 e. The van der Waals surface area contributed by atoms with Crippen LogP contribution in [0.15, 0.2) is 23.1 Å². The number of nitrogens with one attached hydrogen (secondary N) is 1. The highest BCUT2D eigenvalue weighted by Gasteiger charge is 2.29. The number of aliphatic hydroxyl groups excluding tert-OH is 1. The van der Waals surface area contributed by atoms with Gasteiger partial charge in [-0.1, -0.05) is 0 Å². The van der Waals surface area contributed by atoms with Gasteiger partial charge in [-0.3, -0.25) is 9.69 Å². The Bertz CT molecular complexity index is 690. The SMILES string of the molecule is COc1cc(S(=O)(=O)N2CCN(CCO)CC2)ccc1NC(C)=O.Cl. The Balaban J connectivity index is 0.00000312. The Morgan fingerprint density at radius 2 is 1.92 bits per heavy atom. The summed E-state index contributed by atoms with van der Waals surface area (Å²) >= 11 is 0. The van der Waals surface area contributed by atoms with E-state index in [0.29, 0.717) is 44.2 Å². The number of rotatable bonds is 6. The summed E-state index contributed by atoms with van der Waals surface area (Å²) in [5.74, 6) is 0.0362. The highest BCUT2D eigenvalue weighted by Crippen LogP contribution is 2.29. The molecular formula is C15H24ClN3O5S. The van der Waals surface area contributed by atoms with Crippen LogP contribution in [0.25, 0.3) is 0 Å². The van der Waals surface area contributed by atoms with Crippen molar-refractivity contribution in [2.24, 2.45) is 0 Å². The molecule has 1 amide bonds. The number of carbonyl (C=O) groups excluding carboxylic acids is 1. The van der Waals surface area contributed by atoms with Crippen LogP contribution in [0.5, 0.6) is 5.75 Å². The van der Waals surface area contributed by atoms with Crippen LogP contribution in [0.2, 0.25) is 0 Å². The number of carbonyl (C=O) groups is 1. The lowest BCUT2D eigenvalue weighted by atomic mass is 10.3. The maximum absolute atomic E-state index is 12.8. The Morgan fingerprint density at radius 1 is 1.28 bits per heavy atom. The summed E-state index contributed by atoms with van der Waals surface area (Å²) in [6, 6.07) is 4.40. The number of piperazine rings is 1. The van der Waals surface area contributed by atoms with Crippen LogP contribution in [-0.2, 0) is 14.8 Å². The number of hydrogen-bond acceptors (Lipinski definition) is 6. The van der Waals surface area contributed by atoms with Gasteiger partial charge in [0.2, 0.25) is 15.9 Å². The Labute approximate surface area is 154 Å². The van der Waals surface area contributed by atoms with Crippen molar-refractivity contribution in [1.82, 2.24) is 9.21 Å². The zero-order valence-electron chi connectivity index (χ0n) is 14.3. The highest BCUT2D eigenvalue weighted by atomic mass is 35.5. The third-order valence-corrected chi connectivity index (χ3v) is 5.76. The standard InChI is InChI=1S/C15H23N3O5S.ClH/c1-12(20)16-14-4-3-13(11-15(14)23-2)24(21,22)18-7-5-17(6-8-18)9-10-19;/h3-4,11,19H,5-10H2,1-2H3,(H,16,20);1H. The molecule has 0 aromatic heterocycles. The first-order valence-corrected chi connectivity index (χ1v) is 9.11. The molecule has 0 aliphatic carbocycles. The lowest BCUT2D eigenvalue weighted by molar-refractivity contribution is -0.114. The molecule has 0 saturated carbocycles. The summed E-state index contributed by atoms with van der Waals surface area (Å²) in [6.45, 7) is 3.90. The van der Waals surface area contributed by atoms with Gasteiger partial charge in [0, 0.05) is 45.7 Å². The summed E-state index contributed by atoms with van der Waals surface area (Å²) in [5, 5.41) is 11.6. The smallest absolute Gasteiger partial charge is 0.243 e. The molecular weight excluding hydrogens is 370 g/mol. The zero-order chi connectivity index (χ0) is 17.7. The van der Waals surface area contributed by atoms with Crippen LogP contribution in [-0.4, -0.2) is 75.1 Å². The van der Waals surface area contributed by atoms with Crippen molar-refractivity contribution in [3.63, 3.8) is 0 Å². The van der Waals surface area contributed by atoms with E-state index in [0.717, 1.165) is 0 Å². The summed E-state index contributed by atoms with van der Waals surface area (Å²) in [7, 11) is -2.21. The number of aliphatic hydroxyl groups is 1. The normalized spacial score (nSPS) is 16.1. The van der Waals surface area contributed by atoms with Crippen LogP contribution in [0.1, 0.15) is 6.92 Å². The quantitative estimate of drug-likeness (QED) is 0.724. The first kappa shape index (κ1) is 21.7. The van der Waals surface area contributed by atoms with E-state index in [-0.39, 0.29) is 29.8 Å². The Kier molecular flexibility index (Phi) is 8.10. The van der Waals surface area contributed by atoms with Crippen molar-refractivity contribution in [2.75, 3.05) is 51.8 Å². The van der Waals surface area contributed by atoms with Gasteiger partial charge in [0.15, 0.2) is 0 Å². The zero-order valence-corrected chi connectivity index (χ0v) is 15.9. The largest absolute Gasteiger partial charge is 0.495 e. The molecule has 10 heteroatoms. The molecule has 1 aliphatic rings. The van der Waals surface area contributed by atoms with Gasteiger partial charge >= 0.3 is 0 Å². The number of ether oxygens (including phenoxy) is 1. The van der Waals surface area contributed by atoms with Crippen molar-refractivity contribution in [1.29, 1.82) is 0 Å². The molecule has 1 aromatic rings. The van der Waals surface area contributed by atoms with Gasteiger partial charge in [-0.25, -0.2) is 8.42 Å². The monoisotopic (exact) mass is 393 g/mol. The van der Waals surface area contributed by atoms with E-state index in [1.807, 2.05) is 4.90 Å².